The molecule has 0 fully saturated rings. The summed E-state index contributed by atoms with van der Waals surface area (Å²) in [5.74, 6) is 0.0693. The van der Waals surface area contributed by atoms with Crippen LogP contribution in [0, 0.1) is 0 Å². The fraction of sp³-hybridized carbons (Fsp3) is 0.471. The second-order valence-electron chi connectivity index (χ2n) is 4.78. The number of hydrogen-bond donors (Lipinski definition) is 2. The highest BCUT2D eigenvalue weighted by Gasteiger charge is 2.06. The molecule has 0 aromatic carbocycles. The number of aliphatic hydroxyl groups excluding tert-OH is 1. The zero-order valence-corrected chi connectivity index (χ0v) is 14.3. The zero-order valence-electron chi connectivity index (χ0n) is 13.5. The molecule has 0 saturated carbocycles. The van der Waals surface area contributed by atoms with Crippen LogP contribution in [0.15, 0.2) is 47.8 Å². The van der Waals surface area contributed by atoms with Gasteiger partial charge in [-0.1, -0.05) is 43.3 Å². The third-order valence-corrected chi connectivity index (χ3v) is 3.30. The van der Waals surface area contributed by atoms with E-state index < -0.39 is 0 Å². The summed E-state index contributed by atoms with van der Waals surface area (Å²) in [5, 5.41) is 11.9. The number of nitrogens with zero attached hydrogens (tertiary/aromatic N) is 1. The van der Waals surface area contributed by atoms with Gasteiger partial charge in [-0.25, -0.2) is 0 Å². The van der Waals surface area contributed by atoms with Gasteiger partial charge in [-0.3, -0.25) is 9.69 Å². The number of carbonyl (C=O) groups is 1. The van der Waals surface area contributed by atoms with Gasteiger partial charge in [-0.15, -0.1) is 0 Å². The van der Waals surface area contributed by atoms with Crippen molar-refractivity contribution in [3.05, 3.63) is 47.8 Å². The number of carbonyl (C=O) groups excluding carboxylic acids is 1. The fourth-order valence-electron chi connectivity index (χ4n) is 1.83. The Bertz CT molecular complexity index is 428. The second-order valence-corrected chi connectivity index (χ2v) is 5.22. The molecule has 2 N–H and O–H groups in total. The molecule has 0 aromatic heterocycles. The minimum Gasteiger partial charge on any atom is -0.514 e. The minimum absolute atomic E-state index is 0.0693. The maximum Gasteiger partial charge on any atom is 0.220 e. The molecular formula is C17H27ClN2O2. The van der Waals surface area contributed by atoms with Crippen LogP contribution in [0.5, 0.6) is 0 Å². The van der Waals surface area contributed by atoms with Gasteiger partial charge in [0, 0.05) is 19.5 Å². The molecule has 0 aliphatic heterocycles. The highest BCUT2D eigenvalue weighted by molar-refractivity contribution is 6.31. The molecule has 5 heteroatoms. The summed E-state index contributed by atoms with van der Waals surface area (Å²) in [6.07, 6.45) is 9.39. The van der Waals surface area contributed by atoms with Crippen LogP contribution in [-0.2, 0) is 4.79 Å². The van der Waals surface area contributed by atoms with Crippen LogP contribution in [0.2, 0.25) is 0 Å². The molecule has 0 radical (unpaired) electrons. The SMILES string of the molecule is C=C/C(=C\C(Cl)=C\O)CN(CC)CCCC(=O)NC/C=C\C. The lowest BCUT2D eigenvalue weighted by Crippen LogP contribution is -2.29. The number of aliphatic hydroxyl groups is 1. The van der Waals surface area contributed by atoms with E-state index in [9.17, 15) is 4.79 Å². The van der Waals surface area contributed by atoms with Crippen molar-refractivity contribution >= 4 is 17.5 Å². The maximum absolute atomic E-state index is 11.6. The van der Waals surface area contributed by atoms with Crippen LogP contribution in [0.1, 0.15) is 26.7 Å². The van der Waals surface area contributed by atoms with Gasteiger partial charge in [0.05, 0.1) is 11.3 Å². The molecule has 1 amide bonds. The number of halogens is 1. The van der Waals surface area contributed by atoms with Crippen molar-refractivity contribution in [3.8, 4) is 0 Å². The number of allylic oxidation sites excluding steroid dienone is 3. The molecule has 0 atom stereocenters. The van der Waals surface area contributed by atoms with E-state index in [2.05, 4.69) is 23.7 Å². The molecule has 0 aliphatic rings. The van der Waals surface area contributed by atoms with Gasteiger partial charge in [0.1, 0.15) is 0 Å². The van der Waals surface area contributed by atoms with Gasteiger partial charge in [0.25, 0.3) is 0 Å². The van der Waals surface area contributed by atoms with Gasteiger partial charge in [-0.05, 0) is 38.1 Å². The lowest BCUT2D eigenvalue weighted by Gasteiger charge is -2.20. The molecule has 0 heterocycles. The molecule has 0 bridgehead atoms. The molecule has 0 aromatic rings. The zero-order chi connectivity index (χ0) is 16.8. The Kier molecular flexibility index (Phi) is 12.3. The van der Waals surface area contributed by atoms with E-state index >= 15 is 0 Å². The van der Waals surface area contributed by atoms with Crippen molar-refractivity contribution in [2.24, 2.45) is 0 Å². The van der Waals surface area contributed by atoms with Gasteiger partial charge < -0.3 is 10.4 Å². The van der Waals surface area contributed by atoms with Crippen molar-refractivity contribution in [3.63, 3.8) is 0 Å². The predicted octanol–water partition coefficient (Wildman–Crippen LogP) is 3.53. The molecule has 0 aliphatic carbocycles. The summed E-state index contributed by atoms with van der Waals surface area (Å²) in [7, 11) is 0. The molecule has 0 unspecified atom stereocenters. The van der Waals surface area contributed by atoms with E-state index in [0.717, 1.165) is 31.3 Å². The van der Waals surface area contributed by atoms with Gasteiger partial charge in [0.15, 0.2) is 0 Å². The Hall–Kier alpha value is -1.52. The third kappa shape index (κ3) is 10.2. The first-order valence-electron chi connectivity index (χ1n) is 7.50. The van der Waals surface area contributed by atoms with Crippen molar-refractivity contribution in [2.45, 2.75) is 26.7 Å². The lowest BCUT2D eigenvalue weighted by molar-refractivity contribution is -0.121. The Labute approximate surface area is 138 Å². The summed E-state index contributed by atoms with van der Waals surface area (Å²) in [6, 6.07) is 0. The number of rotatable bonds is 11. The van der Waals surface area contributed by atoms with Crippen molar-refractivity contribution < 1.29 is 9.90 Å². The molecule has 22 heavy (non-hydrogen) atoms. The van der Waals surface area contributed by atoms with Crippen molar-refractivity contribution in [1.82, 2.24) is 10.2 Å². The average Bonchev–Trinajstić information content (AvgIpc) is 2.52. The van der Waals surface area contributed by atoms with Crippen LogP contribution in [0.25, 0.3) is 0 Å². The first kappa shape index (κ1) is 20.5. The van der Waals surface area contributed by atoms with Crippen LogP contribution >= 0.6 is 11.6 Å². The standard InChI is InChI=1S/C17H27ClN2O2/c1-4-7-10-19-17(22)9-8-11-20(6-3)13-15(5-2)12-16(18)14-21/h4-5,7,12,14,21H,2,6,8-11,13H2,1,3H3,(H,19,22)/b7-4-,15-12+,16-14-. The molecule has 4 nitrogen and oxygen atoms in total. The van der Waals surface area contributed by atoms with E-state index in [1.807, 2.05) is 19.1 Å². The highest BCUT2D eigenvalue weighted by Crippen LogP contribution is 2.10. The minimum atomic E-state index is 0.0693. The van der Waals surface area contributed by atoms with E-state index in [4.69, 9.17) is 16.7 Å². The summed E-state index contributed by atoms with van der Waals surface area (Å²) < 4.78 is 0. The smallest absolute Gasteiger partial charge is 0.220 e. The topological polar surface area (TPSA) is 52.6 Å². The van der Waals surface area contributed by atoms with Crippen molar-refractivity contribution in [2.75, 3.05) is 26.2 Å². The largest absolute Gasteiger partial charge is 0.514 e. The van der Waals surface area contributed by atoms with Gasteiger partial charge in [0.2, 0.25) is 5.91 Å². The fourth-order valence-corrected chi connectivity index (χ4v) is 1.97. The summed E-state index contributed by atoms with van der Waals surface area (Å²) in [5.41, 5.74) is 0.926. The van der Waals surface area contributed by atoms with Crippen LogP contribution in [0.3, 0.4) is 0 Å². The number of nitrogens with one attached hydrogen (secondary N) is 1. The van der Waals surface area contributed by atoms with Crippen LogP contribution in [-0.4, -0.2) is 42.1 Å². The summed E-state index contributed by atoms with van der Waals surface area (Å²) in [6.45, 7) is 10.7. The Balaban J connectivity index is 4.23. The Morgan fingerprint density at radius 1 is 1.45 bits per heavy atom. The number of amides is 1. The third-order valence-electron chi connectivity index (χ3n) is 3.09. The summed E-state index contributed by atoms with van der Waals surface area (Å²) in [4.78, 5) is 13.8. The Morgan fingerprint density at radius 2 is 2.18 bits per heavy atom. The van der Waals surface area contributed by atoms with E-state index in [-0.39, 0.29) is 10.9 Å². The highest BCUT2D eigenvalue weighted by atomic mass is 35.5. The maximum atomic E-state index is 11.6. The molecular weight excluding hydrogens is 300 g/mol. The first-order chi connectivity index (χ1) is 10.6. The van der Waals surface area contributed by atoms with Crippen LogP contribution < -0.4 is 5.32 Å². The normalized spacial score (nSPS) is 12.9. The number of likely N-dealkylation sites (N-methyl/N-ethyl adjacent to an activating group) is 1. The van der Waals surface area contributed by atoms with Crippen molar-refractivity contribution in [1.29, 1.82) is 0 Å². The van der Waals surface area contributed by atoms with E-state index in [1.54, 1.807) is 12.2 Å². The molecule has 0 rings (SSSR count). The predicted molar refractivity (Wildman–Crippen MR) is 94.0 cm³/mol. The lowest BCUT2D eigenvalue weighted by atomic mass is 10.2. The number of hydrogen-bond acceptors (Lipinski definition) is 3. The molecule has 124 valence electrons. The second kappa shape index (κ2) is 13.2. The molecule has 0 saturated heterocycles. The van der Waals surface area contributed by atoms with E-state index in [1.165, 1.54) is 0 Å². The van der Waals surface area contributed by atoms with E-state index in [0.29, 0.717) is 19.5 Å². The van der Waals surface area contributed by atoms with Gasteiger partial charge in [-0.2, -0.15) is 0 Å². The average molecular weight is 327 g/mol. The first-order valence-corrected chi connectivity index (χ1v) is 7.88. The Morgan fingerprint density at radius 3 is 2.73 bits per heavy atom. The van der Waals surface area contributed by atoms with Gasteiger partial charge >= 0.3 is 0 Å². The van der Waals surface area contributed by atoms with Crippen LogP contribution in [0.4, 0.5) is 0 Å². The quantitative estimate of drug-likeness (QED) is 0.347. The molecule has 0 spiro atoms. The summed E-state index contributed by atoms with van der Waals surface area (Å²) >= 11 is 5.78. The monoisotopic (exact) mass is 326 g/mol.